The Kier molecular flexibility index (Phi) is 4.80. The summed E-state index contributed by atoms with van der Waals surface area (Å²) in [5.74, 6) is 1.11. The Hall–Kier alpha value is -2.53. The van der Waals surface area contributed by atoms with E-state index in [1.54, 1.807) is 0 Å². The smallest absolute Gasteiger partial charge is 0.199 e. The Bertz CT molecular complexity index is 1040. The van der Waals surface area contributed by atoms with E-state index in [0.29, 0.717) is 5.11 Å². The van der Waals surface area contributed by atoms with Crippen LogP contribution in [0.5, 0.6) is 0 Å². The molecule has 0 unspecified atom stereocenters. The predicted octanol–water partition coefficient (Wildman–Crippen LogP) is 4.37. The van der Waals surface area contributed by atoms with Gasteiger partial charge in [-0.25, -0.2) is 9.98 Å². The number of para-hydroxylation sites is 2. The molecule has 1 aliphatic rings. The number of aryl methyl sites for hydroxylation is 2. The normalized spacial score (nSPS) is 14.7. The van der Waals surface area contributed by atoms with Crippen LogP contribution in [-0.4, -0.2) is 14.7 Å². The minimum absolute atomic E-state index is 0.481. The molecule has 3 aromatic rings. The second kappa shape index (κ2) is 7.38. The zero-order chi connectivity index (χ0) is 17.9. The van der Waals surface area contributed by atoms with Gasteiger partial charge in [0.15, 0.2) is 5.11 Å². The van der Waals surface area contributed by atoms with Gasteiger partial charge < -0.3 is 9.88 Å². The lowest BCUT2D eigenvalue weighted by atomic mass is 10.2. The maximum absolute atomic E-state index is 5.57. The maximum atomic E-state index is 5.57. The van der Waals surface area contributed by atoms with Gasteiger partial charge in [-0.05, 0) is 55.7 Å². The van der Waals surface area contributed by atoms with E-state index in [9.17, 15) is 0 Å². The van der Waals surface area contributed by atoms with Crippen LogP contribution in [0, 0.1) is 6.92 Å². The van der Waals surface area contributed by atoms with Gasteiger partial charge in [0, 0.05) is 24.0 Å². The van der Waals surface area contributed by atoms with Crippen molar-refractivity contribution in [3.8, 4) is 0 Å². The Labute approximate surface area is 158 Å². The fourth-order valence-corrected chi connectivity index (χ4v) is 3.65. The molecule has 0 amide bonds. The first kappa shape index (κ1) is 16.9. The lowest BCUT2D eigenvalue weighted by molar-refractivity contribution is 0.608. The quantitative estimate of drug-likeness (QED) is 0.654. The third-order valence-corrected chi connectivity index (χ3v) is 5.03. The van der Waals surface area contributed by atoms with E-state index in [2.05, 4.69) is 35.0 Å². The van der Waals surface area contributed by atoms with Crippen LogP contribution in [0.15, 0.2) is 53.5 Å². The molecule has 0 saturated carbocycles. The number of aromatic nitrogens is 2. The average molecular weight is 363 g/mol. The minimum Gasteiger partial charge on any atom is -0.331 e. The number of thiocarbonyl (C=S) groups is 1. The molecule has 4 nitrogen and oxygen atoms in total. The molecule has 2 heterocycles. The molecule has 4 rings (SSSR count). The number of nitrogens with one attached hydrogen (secondary N) is 1. The molecule has 0 saturated heterocycles. The SMILES string of the molecule is Cc1ccccc1NC(=S)N=c1c2ccccc2nc2n1CCCCC2. The van der Waals surface area contributed by atoms with Gasteiger partial charge in [-0.15, -0.1) is 0 Å². The number of rotatable bonds is 1. The van der Waals surface area contributed by atoms with Crippen molar-refractivity contribution >= 4 is 33.9 Å². The molecule has 1 aliphatic heterocycles. The van der Waals surface area contributed by atoms with Crippen molar-refractivity contribution in [1.82, 2.24) is 9.55 Å². The van der Waals surface area contributed by atoms with Crippen molar-refractivity contribution in [2.75, 3.05) is 5.32 Å². The molecule has 0 spiro atoms. The van der Waals surface area contributed by atoms with Gasteiger partial charge in [0.25, 0.3) is 0 Å². The van der Waals surface area contributed by atoms with E-state index in [0.717, 1.165) is 52.9 Å². The number of hydrogen-bond donors (Lipinski definition) is 1. The summed E-state index contributed by atoms with van der Waals surface area (Å²) in [5.41, 5.74) is 4.04. The third-order valence-electron chi connectivity index (χ3n) is 4.84. The molecule has 0 bridgehead atoms. The van der Waals surface area contributed by atoms with Crippen molar-refractivity contribution in [2.24, 2.45) is 4.99 Å². The van der Waals surface area contributed by atoms with Crippen LogP contribution < -0.4 is 10.8 Å². The van der Waals surface area contributed by atoms with Crippen LogP contribution in [0.25, 0.3) is 10.9 Å². The zero-order valence-corrected chi connectivity index (χ0v) is 15.7. The van der Waals surface area contributed by atoms with E-state index in [1.165, 1.54) is 12.8 Å². The fraction of sp³-hybridized carbons (Fsp3) is 0.286. The minimum atomic E-state index is 0.481. The number of hydrogen-bond acceptors (Lipinski definition) is 2. The highest BCUT2D eigenvalue weighted by atomic mass is 32.1. The number of nitrogens with zero attached hydrogens (tertiary/aromatic N) is 3. The van der Waals surface area contributed by atoms with Crippen LogP contribution in [0.1, 0.15) is 30.7 Å². The van der Waals surface area contributed by atoms with Gasteiger partial charge in [-0.2, -0.15) is 0 Å². The summed E-state index contributed by atoms with van der Waals surface area (Å²) in [6.45, 7) is 3.01. The molecular formula is C21H22N4S. The Morgan fingerprint density at radius 1 is 1.08 bits per heavy atom. The van der Waals surface area contributed by atoms with Crippen LogP contribution in [0.4, 0.5) is 5.69 Å². The van der Waals surface area contributed by atoms with Crippen LogP contribution in [0.3, 0.4) is 0 Å². The second-order valence-corrected chi connectivity index (χ2v) is 7.07. The molecule has 5 heteroatoms. The summed E-state index contributed by atoms with van der Waals surface area (Å²) < 4.78 is 2.25. The first-order chi connectivity index (χ1) is 12.7. The van der Waals surface area contributed by atoms with Gasteiger partial charge in [-0.3, -0.25) is 0 Å². The van der Waals surface area contributed by atoms with Crippen LogP contribution >= 0.6 is 12.2 Å². The molecular weight excluding hydrogens is 340 g/mol. The van der Waals surface area contributed by atoms with E-state index < -0.39 is 0 Å². The molecule has 26 heavy (non-hydrogen) atoms. The number of anilines is 1. The maximum Gasteiger partial charge on any atom is 0.199 e. The summed E-state index contributed by atoms with van der Waals surface area (Å²) in [4.78, 5) is 9.70. The summed E-state index contributed by atoms with van der Waals surface area (Å²) in [7, 11) is 0. The Morgan fingerprint density at radius 3 is 2.77 bits per heavy atom. The van der Waals surface area contributed by atoms with E-state index in [1.807, 2.05) is 30.3 Å². The summed E-state index contributed by atoms with van der Waals surface area (Å²) in [6, 6.07) is 16.3. The van der Waals surface area contributed by atoms with Gasteiger partial charge >= 0.3 is 0 Å². The van der Waals surface area contributed by atoms with Crippen molar-refractivity contribution in [3.63, 3.8) is 0 Å². The fourth-order valence-electron chi connectivity index (χ4n) is 3.46. The molecule has 1 aromatic heterocycles. The lowest BCUT2D eigenvalue weighted by Gasteiger charge is -2.13. The first-order valence-corrected chi connectivity index (χ1v) is 9.53. The standard InChI is InChI=1S/C21H22N4S/c1-15-9-4-6-11-17(15)23-21(26)24-20-16-10-5-7-12-18(16)22-19-13-3-2-8-14-25(19)20/h4-7,9-12H,2-3,8,13-14H2,1H3,(H,23,26). The number of benzene rings is 2. The predicted molar refractivity (Wildman–Crippen MR) is 110 cm³/mol. The second-order valence-electron chi connectivity index (χ2n) is 6.69. The van der Waals surface area contributed by atoms with E-state index in [4.69, 9.17) is 22.2 Å². The highest BCUT2D eigenvalue weighted by Gasteiger charge is 2.13. The lowest BCUT2D eigenvalue weighted by Crippen LogP contribution is -2.28. The highest BCUT2D eigenvalue weighted by molar-refractivity contribution is 7.80. The van der Waals surface area contributed by atoms with Gasteiger partial charge in [0.1, 0.15) is 11.3 Å². The summed E-state index contributed by atoms with van der Waals surface area (Å²) in [5, 5.41) is 4.81. The third kappa shape index (κ3) is 3.40. The van der Waals surface area contributed by atoms with Crippen LogP contribution in [0.2, 0.25) is 0 Å². The topological polar surface area (TPSA) is 42.2 Å². The van der Waals surface area contributed by atoms with Gasteiger partial charge in [0.05, 0.1) is 5.52 Å². The van der Waals surface area contributed by atoms with Crippen molar-refractivity contribution < 1.29 is 0 Å². The summed E-state index contributed by atoms with van der Waals surface area (Å²) in [6.07, 6.45) is 4.55. The van der Waals surface area contributed by atoms with Crippen molar-refractivity contribution in [3.05, 3.63) is 65.4 Å². The molecule has 0 aliphatic carbocycles. The molecule has 132 valence electrons. The summed E-state index contributed by atoms with van der Waals surface area (Å²) >= 11 is 5.57. The van der Waals surface area contributed by atoms with Gasteiger partial charge in [-0.1, -0.05) is 36.8 Å². The van der Waals surface area contributed by atoms with Crippen LogP contribution in [-0.2, 0) is 13.0 Å². The molecule has 1 N–H and O–H groups in total. The first-order valence-electron chi connectivity index (χ1n) is 9.12. The van der Waals surface area contributed by atoms with Crippen molar-refractivity contribution in [1.29, 1.82) is 0 Å². The van der Waals surface area contributed by atoms with E-state index in [-0.39, 0.29) is 0 Å². The average Bonchev–Trinajstić information content (AvgIpc) is 2.89. The molecule has 2 aromatic carbocycles. The zero-order valence-electron chi connectivity index (χ0n) is 14.9. The Morgan fingerprint density at radius 2 is 1.88 bits per heavy atom. The Balaban J connectivity index is 1.84. The number of fused-ring (bicyclic) bond motifs is 2. The van der Waals surface area contributed by atoms with E-state index >= 15 is 0 Å². The highest BCUT2D eigenvalue weighted by Crippen LogP contribution is 2.16. The van der Waals surface area contributed by atoms with Gasteiger partial charge in [0.2, 0.25) is 0 Å². The monoisotopic (exact) mass is 362 g/mol. The molecule has 0 radical (unpaired) electrons. The molecule has 0 fully saturated rings. The molecule has 0 atom stereocenters. The van der Waals surface area contributed by atoms with Crippen molar-refractivity contribution in [2.45, 2.75) is 39.2 Å². The largest absolute Gasteiger partial charge is 0.331 e.